The Bertz CT molecular complexity index is 781. The van der Waals surface area contributed by atoms with E-state index in [0.29, 0.717) is 19.7 Å². The van der Waals surface area contributed by atoms with Gasteiger partial charge in [-0.15, -0.1) is 0 Å². The van der Waals surface area contributed by atoms with E-state index < -0.39 is 10.0 Å². The van der Waals surface area contributed by atoms with Crippen molar-refractivity contribution < 1.29 is 13.2 Å². The normalized spacial score (nSPS) is 11.2. The van der Waals surface area contributed by atoms with Gasteiger partial charge in [-0.05, 0) is 52.3 Å². The van der Waals surface area contributed by atoms with E-state index in [1.165, 1.54) is 19.2 Å². The molecular weight excluding hydrogens is 445 g/mol. The Balaban J connectivity index is 2.47. The van der Waals surface area contributed by atoms with Crippen molar-refractivity contribution in [2.24, 2.45) is 0 Å². The summed E-state index contributed by atoms with van der Waals surface area (Å²) in [6.07, 6.45) is 0. The summed E-state index contributed by atoms with van der Waals surface area (Å²) in [5.41, 5.74) is 0.275. The maximum absolute atomic E-state index is 12.5. The molecule has 0 amide bonds. The molecule has 21 heavy (non-hydrogen) atoms. The van der Waals surface area contributed by atoms with Crippen LogP contribution in [-0.4, -0.2) is 15.5 Å². The van der Waals surface area contributed by atoms with Crippen molar-refractivity contribution >= 4 is 59.2 Å². The van der Waals surface area contributed by atoms with Gasteiger partial charge in [0.2, 0.25) is 0 Å². The van der Waals surface area contributed by atoms with Gasteiger partial charge in [0.25, 0.3) is 10.0 Å². The van der Waals surface area contributed by atoms with Gasteiger partial charge in [0.15, 0.2) is 0 Å². The molecule has 0 unspecified atom stereocenters. The van der Waals surface area contributed by atoms with Crippen LogP contribution in [0.4, 0.5) is 5.69 Å². The molecule has 0 heterocycles. The van der Waals surface area contributed by atoms with Crippen LogP contribution >= 0.6 is 43.5 Å². The maximum atomic E-state index is 12.5. The number of nitrogens with one attached hydrogen (secondary N) is 1. The molecule has 0 radical (unpaired) electrons. The van der Waals surface area contributed by atoms with Gasteiger partial charge in [-0.3, -0.25) is 4.72 Å². The van der Waals surface area contributed by atoms with Gasteiger partial charge in [0.05, 0.1) is 12.8 Å². The lowest BCUT2D eigenvalue weighted by Crippen LogP contribution is -2.14. The Labute approximate surface area is 144 Å². The zero-order valence-electron chi connectivity index (χ0n) is 10.7. The minimum atomic E-state index is -3.78. The lowest BCUT2D eigenvalue weighted by Gasteiger charge is -2.13. The Kier molecular flexibility index (Phi) is 5.19. The number of rotatable bonds is 4. The first kappa shape index (κ1) is 16.6. The van der Waals surface area contributed by atoms with Gasteiger partial charge in [0, 0.05) is 14.0 Å². The molecule has 0 fully saturated rings. The Morgan fingerprint density at radius 1 is 1.14 bits per heavy atom. The van der Waals surface area contributed by atoms with E-state index >= 15 is 0 Å². The van der Waals surface area contributed by atoms with Crippen LogP contribution in [0, 0.1) is 0 Å². The van der Waals surface area contributed by atoms with Crippen molar-refractivity contribution in [1.82, 2.24) is 0 Å². The van der Waals surface area contributed by atoms with E-state index in [9.17, 15) is 8.42 Å². The van der Waals surface area contributed by atoms with Crippen LogP contribution in [-0.2, 0) is 10.0 Å². The van der Waals surface area contributed by atoms with Crippen LogP contribution in [0.15, 0.2) is 50.2 Å². The average Bonchev–Trinajstić information content (AvgIpc) is 2.41. The molecule has 4 nitrogen and oxygen atoms in total. The van der Waals surface area contributed by atoms with E-state index in [1.54, 1.807) is 24.3 Å². The highest BCUT2D eigenvalue weighted by Gasteiger charge is 2.20. The summed E-state index contributed by atoms with van der Waals surface area (Å²) < 4.78 is 33.7. The molecule has 8 heteroatoms. The molecule has 0 spiro atoms. The number of hydrogen-bond donors (Lipinski definition) is 1. The number of methoxy groups -OCH3 is 1. The minimum absolute atomic E-state index is 0.110. The molecule has 0 atom stereocenters. The predicted octanol–water partition coefficient (Wildman–Crippen LogP) is 4.67. The first-order chi connectivity index (χ1) is 9.83. The molecule has 2 rings (SSSR count). The van der Waals surface area contributed by atoms with Crippen LogP contribution in [0.3, 0.4) is 0 Å². The van der Waals surface area contributed by atoms with E-state index in [-0.39, 0.29) is 10.6 Å². The predicted molar refractivity (Wildman–Crippen MR) is 90.7 cm³/mol. The number of hydrogen-bond acceptors (Lipinski definition) is 3. The monoisotopic (exact) mass is 453 g/mol. The molecule has 0 bridgehead atoms. The molecule has 1 N–H and O–H groups in total. The number of ether oxygens (including phenoxy) is 1. The zero-order chi connectivity index (χ0) is 15.6. The van der Waals surface area contributed by atoms with Gasteiger partial charge in [-0.1, -0.05) is 27.5 Å². The van der Waals surface area contributed by atoms with Gasteiger partial charge in [0.1, 0.15) is 10.6 Å². The number of anilines is 1. The summed E-state index contributed by atoms with van der Waals surface area (Å²) in [6, 6.07) is 9.59. The Morgan fingerprint density at radius 2 is 1.86 bits per heavy atom. The van der Waals surface area contributed by atoms with Crippen LogP contribution in [0.25, 0.3) is 0 Å². The number of halogens is 3. The van der Waals surface area contributed by atoms with Crippen molar-refractivity contribution in [2.75, 3.05) is 11.8 Å². The largest absolute Gasteiger partial charge is 0.495 e. The van der Waals surface area contributed by atoms with Crippen LogP contribution in [0.5, 0.6) is 5.75 Å². The lowest BCUT2D eigenvalue weighted by atomic mass is 10.3. The third kappa shape index (κ3) is 3.91. The molecule has 0 aromatic heterocycles. The minimum Gasteiger partial charge on any atom is -0.495 e. The van der Waals surface area contributed by atoms with Gasteiger partial charge in [-0.25, -0.2) is 8.42 Å². The van der Waals surface area contributed by atoms with Crippen LogP contribution < -0.4 is 9.46 Å². The number of sulfonamides is 1. The smallest absolute Gasteiger partial charge is 0.263 e. The van der Waals surface area contributed by atoms with E-state index in [2.05, 4.69) is 36.6 Å². The zero-order valence-corrected chi connectivity index (χ0v) is 15.5. The van der Waals surface area contributed by atoms with Crippen molar-refractivity contribution in [1.29, 1.82) is 0 Å². The van der Waals surface area contributed by atoms with E-state index in [0.717, 1.165) is 0 Å². The van der Waals surface area contributed by atoms with Crippen molar-refractivity contribution in [3.05, 3.63) is 50.4 Å². The summed E-state index contributed by atoms with van der Waals surface area (Å²) in [7, 11) is -2.33. The average molecular weight is 456 g/mol. The fourth-order valence-electron chi connectivity index (χ4n) is 1.64. The standard InChI is InChI=1S/C13H10Br2ClNO3S/c1-20-12-5-3-9(16)7-11(12)17-21(18,19)13-6-8(14)2-4-10(13)15/h2-7,17H,1H3. The summed E-state index contributed by atoms with van der Waals surface area (Å²) in [6.45, 7) is 0. The van der Waals surface area contributed by atoms with Crippen molar-refractivity contribution in [2.45, 2.75) is 4.90 Å². The van der Waals surface area contributed by atoms with Crippen LogP contribution in [0.2, 0.25) is 5.02 Å². The highest BCUT2D eigenvalue weighted by molar-refractivity contribution is 9.11. The molecule has 112 valence electrons. The molecule has 0 aliphatic rings. The topological polar surface area (TPSA) is 55.4 Å². The first-order valence-electron chi connectivity index (χ1n) is 5.65. The fraction of sp³-hybridized carbons (Fsp3) is 0.0769. The molecule has 0 saturated heterocycles. The van der Waals surface area contributed by atoms with E-state index in [4.69, 9.17) is 16.3 Å². The summed E-state index contributed by atoms with van der Waals surface area (Å²) in [5.74, 6) is 0.383. The van der Waals surface area contributed by atoms with Crippen LogP contribution in [0.1, 0.15) is 0 Å². The quantitative estimate of drug-likeness (QED) is 0.729. The second-order valence-electron chi connectivity index (χ2n) is 4.02. The molecule has 0 aliphatic heterocycles. The van der Waals surface area contributed by atoms with Crippen molar-refractivity contribution in [3.8, 4) is 5.75 Å². The highest BCUT2D eigenvalue weighted by atomic mass is 79.9. The molecule has 0 aliphatic carbocycles. The highest BCUT2D eigenvalue weighted by Crippen LogP contribution is 2.32. The number of benzene rings is 2. The summed E-state index contributed by atoms with van der Waals surface area (Å²) in [4.78, 5) is 0.110. The third-order valence-corrected chi connectivity index (χ3v) is 5.68. The molecule has 2 aromatic carbocycles. The van der Waals surface area contributed by atoms with Gasteiger partial charge in [-0.2, -0.15) is 0 Å². The van der Waals surface area contributed by atoms with Crippen molar-refractivity contribution in [3.63, 3.8) is 0 Å². The Morgan fingerprint density at radius 3 is 2.52 bits per heavy atom. The molecule has 0 saturated carbocycles. The maximum Gasteiger partial charge on any atom is 0.263 e. The SMILES string of the molecule is COc1ccc(Cl)cc1NS(=O)(=O)c1cc(Br)ccc1Br. The summed E-state index contributed by atoms with van der Waals surface area (Å²) in [5, 5.41) is 0.404. The Hall–Kier alpha value is -0.760. The lowest BCUT2D eigenvalue weighted by molar-refractivity contribution is 0.417. The molecule has 2 aromatic rings. The fourth-order valence-corrected chi connectivity index (χ4v) is 4.38. The first-order valence-corrected chi connectivity index (χ1v) is 9.09. The van der Waals surface area contributed by atoms with E-state index in [1.807, 2.05) is 0 Å². The van der Waals surface area contributed by atoms with Gasteiger partial charge >= 0.3 is 0 Å². The summed E-state index contributed by atoms with van der Waals surface area (Å²) >= 11 is 12.4. The van der Waals surface area contributed by atoms with Gasteiger partial charge < -0.3 is 4.74 Å². The second-order valence-corrected chi connectivity index (χ2v) is 7.88. The third-order valence-electron chi connectivity index (χ3n) is 2.59. The molecular formula is C13H10Br2ClNO3S. The second kappa shape index (κ2) is 6.56.